The largest absolute Gasteiger partial charge is 0.497 e. The molecule has 0 bridgehead atoms. The lowest BCUT2D eigenvalue weighted by molar-refractivity contribution is 0.0533. The smallest absolute Gasteiger partial charge is 0.257 e. The van der Waals surface area contributed by atoms with Crippen LogP contribution in [-0.4, -0.2) is 75.2 Å². The predicted octanol–water partition coefficient (Wildman–Crippen LogP) is 3.12. The number of carbonyl (C=O) groups excluding carboxylic acids is 2. The van der Waals surface area contributed by atoms with E-state index in [9.17, 15) is 9.59 Å². The number of benzene rings is 2. The zero-order valence-corrected chi connectivity index (χ0v) is 18.8. The Labute approximate surface area is 191 Å². The molecule has 2 aliphatic heterocycles. The highest BCUT2D eigenvalue weighted by molar-refractivity contribution is 6.32. The van der Waals surface area contributed by atoms with Crippen LogP contribution in [-0.2, 0) is 0 Å². The van der Waals surface area contributed by atoms with E-state index in [1.165, 1.54) is 7.11 Å². The van der Waals surface area contributed by atoms with Gasteiger partial charge < -0.3 is 28.7 Å². The number of piperazine rings is 1. The van der Waals surface area contributed by atoms with Crippen LogP contribution in [0, 0.1) is 0 Å². The molecule has 1 fully saturated rings. The van der Waals surface area contributed by atoms with Gasteiger partial charge in [-0.1, -0.05) is 11.6 Å². The molecule has 0 radical (unpaired) electrons. The number of fused-ring (bicyclic) bond motifs is 1. The third-order valence-electron chi connectivity index (χ3n) is 5.54. The first-order valence-corrected chi connectivity index (χ1v) is 10.8. The molecule has 9 heteroatoms. The summed E-state index contributed by atoms with van der Waals surface area (Å²) < 4.78 is 21.9. The van der Waals surface area contributed by atoms with Gasteiger partial charge in [-0.3, -0.25) is 9.59 Å². The summed E-state index contributed by atoms with van der Waals surface area (Å²) in [5.74, 6) is 1.73. The second kappa shape index (κ2) is 9.56. The lowest BCUT2D eigenvalue weighted by Gasteiger charge is -2.35. The maximum absolute atomic E-state index is 13.1. The van der Waals surface area contributed by atoms with Gasteiger partial charge >= 0.3 is 0 Å². The fourth-order valence-corrected chi connectivity index (χ4v) is 4.06. The highest BCUT2D eigenvalue weighted by Gasteiger charge is 2.28. The van der Waals surface area contributed by atoms with E-state index in [1.807, 2.05) is 0 Å². The lowest BCUT2D eigenvalue weighted by Crippen LogP contribution is -2.50. The Bertz CT molecular complexity index is 1020. The highest BCUT2D eigenvalue weighted by atomic mass is 35.5. The molecule has 0 aromatic heterocycles. The minimum atomic E-state index is -0.156. The Morgan fingerprint density at radius 3 is 2.28 bits per heavy atom. The molecule has 0 aliphatic carbocycles. The van der Waals surface area contributed by atoms with E-state index in [-0.39, 0.29) is 11.8 Å². The van der Waals surface area contributed by atoms with Crippen LogP contribution in [0.4, 0.5) is 0 Å². The summed E-state index contributed by atoms with van der Waals surface area (Å²) in [5.41, 5.74) is 0.901. The standard InChI is InChI=1S/C23H25ClN2O6/c1-29-16-4-5-17(19(14-16)30-2)23(28)26-8-6-25(7-9-26)22(27)15-12-18(24)21-20(13-15)31-10-3-11-32-21/h4-5,12-14H,3,6-11H2,1-2H3. The number of halogens is 1. The molecule has 0 spiro atoms. The zero-order chi connectivity index (χ0) is 22.7. The van der Waals surface area contributed by atoms with Crippen molar-refractivity contribution in [2.75, 3.05) is 53.6 Å². The molecule has 32 heavy (non-hydrogen) atoms. The Morgan fingerprint density at radius 2 is 1.59 bits per heavy atom. The van der Waals surface area contributed by atoms with E-state index in [4.69, 9.17) is 30.5 Å². The molecule has 170 valence electrons. The van der Waals surface area contributed by atoms with Crippen molar-refractivity contribution in [2.45, 2.75) is 6.42 Å². The van der Waals surface area contributed by atoms with Gasteiger partial charge in [-0.05, 0) is 24.3 Å². The van der Waals surface area contributed by atoms with Crippen LogP contribution in [0.5, 0.6) is 23.0 Å². The summed E-state index contributed by atoms with van der Waals surface area (Å²) in [5, 5.41) is 0.355. The highest BCUT2D eigenvalue weighted by Crippen LogP contribution is 2.38. The van der Waals surface area contributed by atoms with Gasteiger partial charge in [0, 0.05) is 44.2 Å². The summed E-state index contributed by atoms with van der Waals surface area (Å²) in [6.07, 6.45) is 0.753. The van der Waals surface area contributed by atoms with Gasteiger partial charge in [0.1, 0.15) is 11.5 Å². The van der Waals surface area contributed by atoms with Crippen LogP contribution in [0.15, 0.2) is 30.3 Å². The Balaban J connectivity index is 1.44. The van der Waals surface area contributed by atoms with Gasteiger partial charge in [0.05, 0.1) is 38.0 Å². The van der Waals surface area contributed by atoms with E-state index in [0.29, 0.717) is 78.5 Å². The SMILES string of the molecule is COc1ccc(C(=O)N2CCN(C(=O)c3cc(Cl)c4c(c3)OCCCO4)CC2)c(OC)c1. The molecule has 4 rings (SSSR count). The maximum atomic E-state index is 13.1. The van der Waals surface area contributed by atoms with Crippen molar-refractivity contribution < 1.29 is 28.5 Å². The number of nitrogens with zero attached hydrogens (tertiary/aromatic N) is 2. The Kier molecular flexibility index (Phi) is 6.60. The molecule has 0 unspecified atom stereocenters. The second-order valence-corrected chi connectivity index (χ2v) is 7.89. The van der Waals surface area contributed by atoms with Crippen LogP contribution in [0.2, 0.25) is 5.02 Å². The third kappa shape index (κ3) is 4.41. The van der Waals surface area contributed by atoms with Crippen molar-refractivity contribution in [1.82, 2.24) is 9.80 Å². The summed E-state index contributed by atoms with van der Waals surface area (Å²) in [6.45, 7) is 2.69. The molecule has 1 saturated heterocycles. The quantitative estimate of drug-likeness (QED) is 0.697. The topological polar surface area (TPSA) is 77.5 Å². The average Bonchev–Trinajstić information content (AvgIpc) is 3.08. The fourth-order valence-electron chi connectivity index (χ4n) is 3.80. The summed E-state index contributed by atoms with van der Waals surface area (Å²) in [4.78, 5) is 29.5. The number of amides is 2. The molecule has 2 amide bonds. The fraction of sp³-hybridized carbons (Fsp3) is 0.391. The molecular formula is C23H25ClN2O6. The van der Waals surface area contributed by atoms with Crippen molar-refractivity contribution in [3.05, 3.63) is 46.5 Å². The number of hydrogen-bond acceptors (Lipinski definition) is 6. The Hall–Kier alpha value is -3.13. The minimum Gasteiger partial charge on any atom is -0.497 e. The van der Waals surface area contributed by atoms with E-state index in [1.54, 1.807) is 47.2 Å². The van der Waals surface area contributed by atoms with Gasteiger partial charge in [-0.15, -0.1) is 0 Å². The normalized spacial score (nSPS) is 15.7. The summed E-state index contributed by atoms with van der Waals surface area (Å²) in [6, 6.07) is 8.38. The van der Waals surface area contributed by atoms with Crippen molar-refractivity contribution in [3.63, 3.8) is 0 Å². The van der Waals surface area contributed by atoms with Crippen LogP contribution < -0.4 is 18.9 Å². The summed E-state index contributed by atoms with van der Waals surface area (Å²) >= 11 is 6.34. The Morgan fingerprint density at radius 1 is 0.906 bits per heavy atom. The van der Waals surface area contributed by atoms with E-state index < -0.39 is 0 Å². The summed E-state index contributed by atoms with van der Waals surface area (Å²) in [7, 11) is 3.07. The molecule has 2 aromatic rings. The van der Waals surface area contributed by atoms with Crippen molar-refractivity contribution >= 4 is 23.4 Å². The van der Waals surface area contributed by atoms with Gasteiger partial charge in [-0.25, -0.2) is 0 Å². The van der Waals surface area contributed by atoms with Crippen molar-refractivity contribution in [1.29, 1.82) is 0 Å². The number of hydrogen-bond donors (Lipinski definition) is 0. The molecule has 0 atom stereocenters. The first kappa shape index (κ1) is 22.1. The van der Waals surface area contributed by atoms with Crippen LogP contribution in [0.1, 0.15) is 27.1 Å². The first-order valence-electron chi connectivity index (χ1n) is 10.4. The van der Waals surface area contributed by atoms with E-state index in [2.05, 4.69) is 0 Å². The van der Waals surface area contributed by atoms with Crippen molar-refractivity contribution in [2.24, 2.45) is 0 Å². The van der Waals surface area contributed by atoms with Crippen LogP contribution in [0.25, 0.3) is 0 Å². The number of carbonyl (C=O) groups is 2. The molecule has 2 heterocycles. The zero-order valence-electron chi connectivity index (χ0n) is 18.1. The molecular weight excluding hydrogens is 436 g/mol. The van der Waals surface area contributed by atoms with Gasteiger partial charge in [0.25, 0.3) is 11.8 Å². The minimum absolute atomic E-state index is 0.143. The van der Waals surface area contributed by atoms with E-state index >= 15 is 0 Å². The molecule has 0 saturated carbocycles. The molecule has 0 N–H and O–H groups in total. The van der Waals surface area contributed by atoms with Crippen LogP contribution in [0.3, 0.4) is 0 Å². The van der Waals surface area contributed by atoms with Crippen LogP contribution >= 0.6 is 11.6 Å². The van der Waals surface area contributed by atoms with Gasteiger partial charge in [0.15, 0.2) is 11.5 Å². The van der Waals surface area contributed by atoms with E-state index in [0.717, 1.165) is 6.42 Å². The predicted molar refractivity (Wildman–Crippen MR) is 118 cm³/mol. The first-order chi connectivity index (χ1) is 15.5. The van der Waals surface area contributed by atoms with Crippen molar-refractivity contribution in [3.8, 4) is 23.0 Å². The average molecular weight is 461 g/mol. The molecule has 2 aromatic carbocycles. The van der Waals surface area contributed by atoms with Gasteiger partial charge in [-0.2, -0.15) is 0 Å². The second-order valence-electron chi connectivity index (χ2n) is 7.49. The number of ether oxygens (including phenoxy) is 4. The monoisotopic (exact) mass is 460 g/mol. The maximum Gasteiger partial charge on any atom is 0.257 e. The number of methoxy groups -OCH3 is 2. The van der Waals surface area contributed by atoms with Gasteiger partial charge in [0.2, 0.25) is 0 Å². The lowest BCUT2D eigenvalue weighted by atomic mass is 10.1. The molecule has 2 aliphatic rings. The third-order valence-corrected chi connectivity index (χ3v) is 5.82. The molecule has 8 nitrogen and oxygen atoms in total. The number of rotatable bonds is 4.